The fourth-order valence-electron chi connectivity index (χ4n) is 2.19. The largest absolute Gasteiger partial charge is 0.502 e. The fourth-order valence-corrected chi connectivity index (χ4v) is 3.00. The van der Waals surface area contributed by atoms with Crippen molar-refractivity contribution < 1.29 is 32.5 Å². The monoisotopic (exact) mass is 396 g/mol. The molecular formula is C17H20N2O7S. The van der Waals surface area contributed by atoms with Gasteiger partial charge in [-0.2, -0.15) is 13.5 Å². The van der Waals surface area contributed by atoms with Crippen LogP contribution in [0.4, 0.5) is 0 Å². The molecule has 0 spiro atoms. The second-order valence-corrected chi connectivity index (χ2v) is 6.80. The van der Waals surface area contributed by atoms with Gasteiger partial charge in [-0.05, 0) is 24.3 Å². The number of phenolic OH excluding ortho intramolecular Hbond substituents is 1. The van der Waals surface area contributed by atoms with Crippen molar-refractivity contribution in [3.63, 3.8) is 0 Å². The van der Waals surface area contributed by atoms with E-state index in [1.165, 1.54) is 65.0 Å². The van der Waals surface area contributed by atoms with Crippen molar-refractivity contribution in [2.24, 2.45) is 5.10 Å². The summed E-state index contributed by atoms with van der Waals surface area (Å²) >= 11 is 0. The van der Waals surface area contributed by atoms with Gasteiger partial charge >= 0.3 is 0 Å². The van der Waals surface area contributed by atoms with E-state index in [0.29, 0.717) is 11.3 Å². The van der Waals surface area contributed by atoms with Crippen LogP contribution in [0, 0.1) is 0 Å². The third-order valence-corrected chi connectivity index (χ3v) is 4.77. The van der Waals surface area contributed by atoms with E-state index in [9.17, 15) is 13.5 Å². The van der Waals surface area contributed by atoms with Crippen LogP contribution in [0.3, 0.4) is 0 Å². The number of methoxy groups -OCH3 is 4. The van der Waals surface area contributed by atoms with Crippen LogP contribution >= 0.6 is 0 Å². The Bertz CT molecular complexity index is 917. The minimum Gasteiger partial charge on any atom is -0.502 e. The van der Waals surface area contributed by atoms with Gasteiger partial charge in [0, 0.05) is 11.6 Å². The highest BCUT2D eigenvalue weighted by molar-refractivity contribution is 7.89. The molecule has 10 heteroatoms. The lowest BCUT2D eigenvalue weighted by atomic mass is 10.2. The molecule has 27 heavy (non-hydrogen) atoms. The maximum Gasteiger partial charge on any atom is 0.276 e. The molecular weight excluding hydrogens is 376 g/mol. The number of hydrazone groups is 1. The number of nitrogens with zero attached hydrogens (tertiary/aromatic N) is 1. The Morgan fingerprint density at radius 1 is 0.889 bits per heavy atom. The Morgan fingerprint density at radius 2 is 1.44 bits per heavy atom. The lowest BCUT2D eigenvalue weighted by molar-refractivity contribution is 0.340. The molecule has 0 bridgehead atoms. The SMILES string of the molecule is COc1ccc(S(=O)(=O)N/N=C/c2cc(OC)c(O)c(OC)c2)cc1OC. The standard InChI is InChI=1S/C17H20N2O7S/c1-23-13-6-5-12(9-14(13)24-2)27(21,22)19-18-10-11-7-15(25-3)17(20)16(8-11)26-4/h5-10,19-20H,1-4H3/b18-10+. The molecule has 0 aliphatic carbocycles. The third kappa shape index (κ3) is 4.53. The number of rotatable bonds is 8. The van der Waals surface area contributed by atoms with Gasteiger partial charge in [0.05, 0.1) is 39.5 Å². The molecule has 0 amide bonds. The van der Waals surface area contributed by atoms with Crippen LogP contribution < -0.4 is 23.8 Å². The molecule has 2 aromatic carbocycles. The molecule has 0 saturated carbocycles. The summed E-state index contributed by atoms with van der Waals surface area (Å²) in [6.45, 7) is 0. The Balaban J connectivity index is 2.25. The van der Waals surface area contributed by atoms with Gasteiger partial charge in [0.25, 0.3) is 10.0 Å². The Morgan fingerprint density at radius 3 is 1.96 bits per heavy atom. The van der Waals surface area contributed by atoms with E-state index in [0.717, 1.165) is 0 Å². The summed E-state index contributed by atoms with van der Waals surface area (Å²) in [5, 5.41) is 13.6. The summed E-state index contributed by atoms with van der Waals surface area (Å²) in [5.74, 6) is 0.848. The second kappa shape index (κ2) is 8.49. The fraction of sp³-hybridized carbons (Fsp3) is 0.235. The average molecular weight is 396 g/mol. The lowest BCUT2D eigenvalue weighted by Gasteiger charge is -2.10. The first-order valence-electron chi connectivity index (χ1n) is 7.58. The first-order chi connectivity index (χ1) is 12.9. The highest BCUT2D eigenvalue weighted by Crippen LogP contribution is 2.36. The van der Waals surface area contributed by atoms with Gasteiger partial charge in [0.1, 0.15) is 0 Å². The number of ether oxygens (including phenoxy) is 4. The maximum atomic E-state index is 12.4. The van der Waals surface area contributed by atoms with Crippen LogP contribution in [-0.4, -0.2) is 48.2 Å². The number of hydrogen-bond acceptors (Lipinski definition) is 8. The predicted molar refractivity (Wildman–Crippen MR) is 98.7 cm³/mol. The Labute approximate surface area is 157 Å². The van der Waals surface area contributed by atoms with E-state index in [-0.39, 0.29) is 27.9 Å². The number of nitrogens with one attached hydrogen (secondary N) is 1. The van der Waals surface area contributed by atoms with Gasteiger partial charge in [0.15, 0.2) is 23.0 Å². The zero-order valence-corrected chi connectivity index (χ0v) is 16.0. The number of sulfonamides is 1. The normalized spacial score (nSPS) is 11.3. The quantitative estimate of drug-likeness (QED) is 0.516. The lowest BCUT2D eigenvalue weighted by Crippen LogP contribution is -2.18. The highest BCUT2D eigenvalue weighted by Gasteiger charge is 2.16. The van der Waals surface area contributed by atoms with Gasteiger partial charge in [-0.25, -0.2) is 4.83 Å². The van der Waals surface area contributed by atoms with Gasteiger partial charge < -0.3 is 24.1 Å². The molecule has 0 aromatic heterocycles. The third-order valence-electron chi connectivity index (χ3n) is 3.55. The molecule has 146 valence electrons. The Kier molecular flexibility index (Phi) is 6.35. The summed E-state index contributed by atoms with van der Waals surface area (Å²) in [5.41, 5.74) is 0.455. The van der Waals surface area contributed by atoms with Crippen molar-refractivity contribution in [2.45, 2.75) is 4.90 Å². The molecule has 0 unspecified atom stereocenters. The minimum absolute atomic E-state index is 0.0434. The molecule has 9 nitrogen and oxygen atoms in total. The van der Waals surface area contributed by atoms with Crippen molar-refractivity contribution >= 4 is 16.2 Å². The number of phenols is 1. The van der Waals surface area contributed by atoms with E-state index < -0.39 is 10.0 Å². The van der Waals surface area contributed by atoms with E-state index in [1.54, 1.807) is 0 Å². The molecule has 0 aliphatic heterocycles. The van der Waals surface area contributed by atoms with Crippen molar-refractivity contribution in [2.75, 3.05) is 28.4 Å². The summed E-state index contributed by atoms with van der Waals surface area (Å²) in [6.07, 6.45) is 1.25. The molecule has 0 heterocycles. The minimum atomic E-state index is -3.92. The Hall–Kier alpha value is -3.14. The predicted octanol–water partition coefficient (Wildman–Crippen LogP) is 1.74. The second-order valence-electron chi connectivity index (χ2n) is 5.14. The van der Waals surface area contributed by atoms with E-state index in [2.05, 4.69) is 9.93 Å². The van der Waals surface area contributed by atoms with E-state index >= 15 is 0 Å². The number of aromatic hydroxyl groups is 1. The van der Waals surface area contributed by atoms with Crippen LogP contribution in [0.2, 0.25) is 0 Å². The van der Waals surface area contributed by atoms with Crippen LogP contribution in [0.15, 0.2) is 40.3 Å². The number of benzene rings is 2. The smallest absolute Gasteiger partial charge is 0.276 e. The topological polar surface area (TPSA) is 116 Å². The van der Waals surface area contributed by atoms with Crippen LogP contribution in [0.25, 0.3) is 0 Å². The van der Waals surface area contributed by atoms with Crippen LogP contribution in [-0.2, 0) is 10.0 Å². The maximum absolute atomic E-state index is 12.4. The molecule has 0 saturated heterocycles. The number of hydrogen-bond donors (Lipinski definition) is 2. The van der Waals surface area contributed by atoms with Crippen molar-refractivity contribution in [1.82, 2.24) is 4.83 Å². The summed E-state index contributed by atoms with van der Waals surface area (Å²) in [4.78, 5) is 2.06. The van der Waals surface area contributed by atoms with Crippen molar-refractivity contribution in [3.8, 4) is 28.7 Å². The van der Waals surface area contributed by atoms with Gasteiger partial charge in [-0.1, -0.05) is 0 Å². The van der Waals surface area contributed by atoms with Crippen LogP contribution in [0.5, 0.6) is 28.7 Å². The highest BCUT2D eigenvalue weighted by atomic mass is 32.2. The summed E-state index contributed by atoms with van der Waals surface area (Å²) in [7, 11) is 1.71. The van der Waals surface area contributed by atoms with Crippen molar-refractivity contribution in [1.29, 1.82) is 0 Å². The van der Waals surface area contributed by atoms with E-state index in [4.69, 9.17) is 18.9 Å². The zero-order chi connectivity index (χ0) is 20.0. The first-order valence-corrected chi connectivity index (χ1v) is 9.06. The molecule has 2 aromatic rings. The van der Waals surface area contributed by atoms with E-state index in [1.807, 2.05) is 0 Å². The molecule has 0 atom stereocenters. The molecule has 0 fully saturated rings. The van der Waals surface area contributed by atoms with Gasteiger partial charge in [-0.15, -0.1) is 0 Å². The van der Waals surface area contributed by atoms with Gasteiger partial charge in [-0.3, -0.25) is 0 Å². The van der Waals surface area contributed by atoms with Crippen molar-refractivity contribution in [3.05, 3.63) is 35.9 Å². The van der Waals surface area contributed by atoms with Crippen LogP contribution in [0.1, 0.15) is 5.56 Å². The molecule has 2 N–H and O–H groups in total. The molecule has 0 aliphatic rings. The average Bonchev–Trinajstić information content (AvgIpc) is 2.68. The summed E-state index contributed by atoms with van der Waals surface area (Å²) < 4.78 is 45.0. The molecule has 2 rings (SSSR count). The summed E-state index contributed by atoms with van der Waals surface area (Å²) in [6, 6.07) is 7.13. The zero-order valence-electron chi connectivity index (χ0n) is 15.2. The first kappa shape index (κ1) is 20.2. The van der Waals surface area contributed by atoms with Gasteiger partial charge in [0.2, 0.25) is 5.75 Å². The molecule has 0 radical (unpaired) electrons.